The summed E-state index contributed by atoms with van der Waals surface area (Å²) in [6, 6.07) is 8.87. The molecule has 3 nitrogen and oxygen atoms in total. The molecule has 3 heteroatoms. The first-order valence-electron chi connectivity index (χ1n) is 6.84. The molecule has 1 aliphatic rings. The van der Waals surface area contributed by atoms with Gasteiger partial charge in [-0.25, -0.2) is 4.98 Å². The van der Waals surface area contributed by atoms with Gasteiger partial charge in [-0.2, -0.15) is 0 Å². The number of aromatic nitrogens is 2. The molecule has 1 aromatic heterocycles. The Hall–Kier alpha value is -1.35. The van der Waals surface area contributed by atoms with Crippen LogP contribution in [0.2, 0.25) is 0 Å². The van der Waals surface area contributed by atoms with E-state index in [0.29, 0.717) is 6.04 Å². The first-order chi connectivity index (χ1) is 8.62. The number of imidazole rings is 1. The molecule has 0 amide bonds. The second-order valence-electron chi connectivity index (χ2n) is 5.75. The fourth-order valence-corrected chi connectivity index (χ4v) is 3.04. The summed E-state index contributed by atoms with van der Waals surface area (Å²) in [6.45, 7) is 7.84. The van der Waals surface area contributed by atoms with Crippen molar-refractivity contribution in [2.45, 2.75) is 45.2 Å². The van der Waals surface area contributed by atoms with Gasteiger partial charge in [-0.05, 0) is 52.3 Å². The van der Waals surface area contributed by atoms with Crippen molar-refractivity contribution in [2.24, 2.45) is 0 Å². The zero-order chi connectivity index (χ0) is 12.8. The maximum absolute atomic E-state index is 4.89. The van der Waals surface area contributed by atoms with Crippen LogP contribution in [0.25, 0.3) is 11.0 Å². The molecule has 1 atom stereocenters. The predicted molar refractivity (Wildman–Crippen MR) is 74.7 cm³/mol. The topological polar surface area (TPSA) is 29.9 Å². The molecule has 3 rings (SSSR count). The van der Waals surface area contributed by atoms with Gasteiger partial charge in [0.1, 0.15) is 5.82 Å². The lowest BCUT2D eigenvalue weighted by Gasteiger charge is -2.26. The van der Waals surface area contributed by atoms with Crippen molar-refractivity contribution in [3.05, 3.63) is 30.1 Å². The molecule has 0 saturated carbocycles. The number of hydrogen-bond acceptors (Lipinski definition) is 2. The quantitative estimate of drug-likeness (QED) is 0.877. The summed E-state index contributed by atoms with van der Waals surface area (Å²) < 4.78 is 2.38. The van der Waals surface area contributed by atoms with E-state index in [0.717, 1.165) is 12.1 Å². The highest BCUT2D eigenvalue weighted by atomic mass is 15.2. The van der Waals surface area contributed by atoms with E-state index in [4.69, 9.17) is 4.98 Å². The van der Waals surface area contributed by atoms with E-state index in [9.17, 15) is 0 Å². The third-order valence-electron chi connectivity index (χ3n) is 3.97. The van der Waals surface area contributed by atoms with Crippen molar-refractivity contribution in [2.75, 3.05) is 6.54 Å². The molecule has 0 radical (unpaired) electrons. The van der Waals surface area contributed by atoms with Gasteiger partial charge in [-0.1, -0.05) is 12.1 Å². The number of nitrogens with zero attached hydrogens (tertiary/aromatic N) is 2. The van der Waals surface area contributed by atoms with Crippen LogP contribution in [-0.2, 0) is 5.54 Å². The summed E-state index contributed by atoms with van der Waals surface area (Å²) in [5.74, 6) is 1.19. The van der Waals surface area contributed by atoms with Crippen LogP contribution in [0.3, 0.4) is 0 Å². The Morgan fingerprint density at radius 3 is 2.78 bits per heavy atom. The summed E-state index contributed by atoms with van der Waals surface area (Å²) in [4.78, 5) is 4.89. The van der Waals surface area contributed by atoms with Crippen LogP contribution < -0.4 is 5.32 Å². The molecule has 0 spiro atoms. The van der Waals surface area contributed by atoms with E-state index < -0.39 is 0 Å². The lowest BCUT2D eigenvalue weighted by Crippen LogP contribution is -2.36. The van der Waals surface area contributed by atoms with Crippen LogP contribution in [0.4, 0.5) is 0 Å². The van der Waals surface area contributed by atoms with E-state index in [2.05, 4.69) is 54.9 Å². The maximum Gasteiger partial charge on any atom is 0.130 e. The van der Waals surface area contributed by atoms with Gasteiger partial charge in [0.25, 0.3) is 0 Å². The van der Waals surface area contributed by atoms with E-state index >= 15 is 0 Å². The Morgan fingerprint density at radius 1 is 1.33 bits per heavy atom. The Bertz CT molecular complexity index is 562. The lowest BCUT2D eigenvalue weighted by atomic mass is 9.99. The molecule has 1 aromatic carbocycles. The summed E-state index contributed by atoms with van der Waals surface area (Å²) in [7, 11) is 0. The fourth-order valence-electron chi connectivity index (χ4n) is 3.04. The molecule has 2 aromatic rings. The molecular weight excluding hydrogens is 222 g/mol. The SMILES string of the molecule is CC(C)n1c(C2(C)CCCN2)nc2ccccc21. The van der Waals surface area contributed by atoms with Gasteiger partial charge in [0.05, 0.1) is 16.6 Å². The van der Waals surface area contributed by atoms with Crippen LogP contribution in [0, 0.1) is 0 Å². The van der Waals surface area contributed by atoms with Crippen LogP contribution in [-0.4, -0.2) is 16.1 Å². The normalized spacial score (nSPS) is 24.2. The van der Waals surface area contributed by atoms with Crippen molar-refractivity contribution in [3.63, 3.8) is 0 Å². The van der Waals surface area contributed by atoms with E-state index in [-0.39, 0.29) is 5.54 Å². The Balaban J connectivity index is 2.24. The summed E-state index contributed by atoms with van der Waals surface area (Å²) >= 11 is 0. The average molecular weight is 243 g/mol. The number of nitrogens with one attached hydrogen (secondary N) is 1. The molecule has 2 heterocycles. The number of fused-ring (bicyclic) bond motifs is 1. The van der Waals surface area contributed by atoms with Crippen molar-refractivity contribution in [3.8, 4) is 0 Å². The largest absolute Gasteiger partial charge is 0.324 e. The third kappa shape index (κ3) is 1.65. The van der Waals surface area contributed by atoms with Gasteiger partial charge in [-0.3, -0.25) is 0 Å². The second kappa shape index (κ2) is 4.09. The van der Waals surface area contributed by atoms with E-state index in [1.165, 1.54) is 24.2 Å². The Labute approximate surface area is 108 Å². The second-order valence-corrected chi connectivity index (χ2v) is 5.75. The molecule has 18 heavy (non-hydrogen) atoms. The first-order valence-corrected chi connectivity index (χ1v) is 6.84. The van der Waals surface area contributed by atoms with Gasteiger partial charge in [0.2, 0.25) is 0 Å². The molecule has 1 aliphatic heterocycles. The number of hydrogen-bond donors (Lipinski definition) is 1. The van der Waals surface area contributed by atoms with Gasteiger partial charge in [-0.15, -0.1) is 0 Å². The zero-order valence-electron chi connectivity index (χ0n) is 11.4. The van der Waals surface area contributed by atoms with Crippen molar-refractivity contribution in [1.82, 2.24) is 14.9 Å². The lowest BCUT2D eigenvalue weighted by molar-refractivity contribution is 0.378. The Morgan fingerprint density at radius 2 is 2.11 bits per heavy atom. The molecular formula is C15H21N3. The van der Waals surface area contributed by atoms with Gasteiger partial charge >= 0.3 is 0 Å². The van der Waals surface area contributed by atoms with Crippen molar-refractivity contribution < 1.29 is 0 Å². The highest BCUT2D eigenvalue weighted by Gasteiger charge is 2.35. The molecule has 0 aliphatic carbocycles. The Kier molecular flexibility index (Phi) is 2.67. The number of benzene rings is 1. The third-order valence-corrected chi connectivity index (χ3v) is 3.97. The number of para-hydroxylation sites is 2. The van der Waals surface area contributed by atoms with Crippen molar-refractivity contribution in [1.29, 1.82) is 0 Å². The van der Waals surface area contributed by atoms with Gasteiger partial charge in [0, 0.05) is 6.04 Å². The molecule has 1 N–H and O–H groups in total. The fraction of sp³-hybridized carbons (Fsp3) is 0.533. The molecule has 1 fully saturated rings. The average Bonchev–Trinajstić information content (AvgIpc) is 2.93. The predicted octanol–water partition coefficient (Wildman–Crippen LogP) is 3.22. The number of rotatable bonds is 2. The zero-order valence-corrected chi connectivity index (χ0v) is 11.4. The van der Waals surface area contributed by atoms with E-state index in [1.54, 1.807) is 0 Å². The minimum atomic E-state index is 0.0310. The molecule has 96 valence electrons. The van der Waals surface area contributed by atoms with Crippen LogP contribution in [0.1, 0.15) is 45.5 Å². The van der Waals surface area contributed by atoms with Crippen LogP contribution >= 0.6 is 0 Å². The summed E-state index contributed by atoms with van der Waals surface area (Å²) in [5.41, 5.74) is 2.39. The van der Waals surface area contributed by atoms with Gasteiger partial charge < -0.3 is 9.88 Å². The minimum absolute atomic E-state index is 0.0310. The minimum Gasteiger partial charge on any atom is -0.324 e. The standard InChI is InChI=1S/C15H21N3/c1-11(2)18-13-8-5-4-7-12(13)17-14(18)15(3)9-6-10-16-15/h4-5,7-8,11,16H,6,9-10H2,1-3H3. The van der Waals surface area contributed by atoms with Crippen LogP contribution in [0.15, 0.2) is 24.3 Å². The summed E-state index contributed by atoms with van der Waals surface area (Å²) in [6.07, 6.45) is 2.40. The highest BCUT2D eigenvalue weighted by molar-refractivity contribution is 5.76. The van der Waals surface area contributed by atoms with Gasteiger partial charge in [0.15, 0.2) is 0 Å². The van der Waals surface area contributed by atoms with E-state index in [1.807, 2.05) is 0 Å². The van der Waals surface area contributed by atoms with Crippen molar-refractivity contribution >= 4 is 11.0 Å². The molecule has 1 saturated heterocycles. The first kappa shape index (κ1) is 11.7. The summed E-state index contributed by atoms with van der Waals surface area (Å²) in [5, 5.41) is 3.62. The molecule has 0 bridgehead atoms. The highest BCUT2D eigenvalue weighted by Crippen LogP contribution is 2.33. The molecule has 1 unspecified atom stereocenters. The smallest absolute Gasteiger partial charge is 0.130 e. The monoisotopic (exact) mass is 243 g/mol. The van der Waals surface area contributed by atoms with Crippen LogP contribution in [0.5, 0.6) is 0 Å². The maximum atomic E-state index is 4.89.